The van der Waals surface area contributed by atoms with Gasteiger partial charge in [0.1, 0.15) is 0 Å². The van der Waals surface area contributed by atoms with Crippen molar-refractivity contribution in [3.8, 4) is 0 Å². The van der Waals surface area contributed by atoms with E-state index in [2.05, 4.69) is 5.32 Å². The zero-order chi connectivity index (χ0) is 19.6. The van der Waals surface area contributed by atoms with E-state index in [1.165, 1.54) is 0 Å². The minimum atomic E-state index is -0.362. The van der Waals surface area contributed by atoms with Gasteiger partial charge in [-0.05, 0) is 68.3 Å². The summed E-state index contributed by atoms with van der Waals surface area (Å²) in [7, 11) is 0. The topological polar surface area (TPSA) is 58.6 Å². The van der Waals surface area contributed by atoms with Gasteiger partial charge in [0.25, 0.3) is 0 Å². The van der Waals surface area contributed by atoms with Crippen LogP contribution in [0.25, 0.3) is 0 Å². The zero-order valence-corrected chi connectivity index (χ0v) is 16.4. The standard InChI is InChI=1S/C21H23ClN2O3/c1-4-27-21(26)15-5-10-20-18(12-15)19(11-13(2)24(20)14(3)25)23-17-8-6-16(22)7-9-17/h5-10,12-13,19,23H,4,11H2,1-3H3/t13-,19+/m0/s1. The molecule has 142 valence electrons. The molecule has 0 bridgehead atoms. The van der Waals surface area contributed by atoms with Crippen molar-refractivity contribution < 1.29 is 14.3 Å². The molecule has 2 atom stereocenters. The monoisotopic (exact) mass is 386 g/mol. The second-order valence-corrected chi connectivity index (χ2v) is 7.11. The Morgan fingerprint density at radius 3 is 2.56 bits per heavy atom. The second-order valence-electron chi connectivity index (χ2n) is 6.67. The van der Waals surface area contributed by atoms with Crippen molar-refractivity contribution >= 4 is 34.9 Å². The number of benzene rings is 2. The highest BCUT2D eigenvalue weighted by Gasteiger charge is 2.33. The first-order chi connectivity index (χ1) is 12.9. The van der Waals surface area contributed by atoms with E-state index in [1.807, 2.05) is 43.3 Å². The van der Waals surface area contributed by atoms with Gasteiger partial charge < -0.3 is 15.0 Å². The Morgan fingerprint density at radius 1 is 1.22 bits per heavy atom. The summed E-state index contributed by atoms with van der Waals surface area (Å²) < 4.78 is 5.13. The zero-order valence-electron chi connectivity index (χ0n) is 15.7. The number of halogens is 1. The van der Waals surface area contributed by atoms with Crippen molar-refractivity contribution in [1.29, 1.82) is 0 Å². The Labute approximate surface area is 164 Å². The van der Waals surface area contributed by atoms with Crippen LogP contribution in [-0.2, 0) is 9.53 Å². The Kier molecular flexibility index (Phi) is 5.71. The first-order valence-electron chi connectivity index (χ1n) is 9.03. The lowest BCUT2D eigenvalue weighted by Gasteiger charge is -2.39. The van der Waals surface area contributed by atoms with Crippen LogP contribution in [0.1, 0.15) is 49.2 Å². The Morgan fingerprint density at radius 2 is 1.93 bits per heavy atom. The van der Waals surface area contributed by atoms with E-state index < -0.39 is 0 Å². The van der Waals surface area contributed by atoms with Crippen molar-refractivity contribution in [3.05, 3.63) is 58.6 Å². The largest absolute Gasteiger partial charge is 0.462 e. The van der Waals surface area contributed by atoms with Crippen LogP contribution in [0.5, 0.6) is 0 Å². The van der Waals surface area contributed by atoms with E-state index in [0.717, 1.165) is 23.4 Å². The Bertz CT molecular complexity index is 851. The third kappa shape index (κ3) is 4.08. The second kappa shape index (κ2) is 8.01. The SMILES string of the molecule is CCOC(=O)c1ccc2c(c1)[C@H](Nc1ccc(Cl)cc1)C[C@H](C)N2C(C)=O. The number of ether oxygens (including phenoxy) is 1. The highest BCUT2D eigenvalue weighted by Crippen LogP contribution is 2.39. The quantitative estimate of drug-likeness (QED) is 0.765. The molecule has 5 nitrogen and oxygen atoms in total. The molecule has 0 fully saturated rings. The van der Waals surface area contributed by atoms with Crippen molar-refractivity contribution in [1.82, 2.24) is 0 Å². The molecule has 0 unspecified atom stereocenters. The lowest BCUT2D eigenvalue weighted by Crippen LogP contribution is -2.43. The molecule has 1 N–H and O–H groups in total. The molecular weight excluding hydrogens is 364 g/mol. The molecule has 3 rings (SSSR count). The normalized spacial score (nSPS) is 18.6. The fourth-order valence-electron chi connectivity index (χ4n) is 3.57. The van der Waals surface area contributed by atoms with Crippen molar-refractivity contribution in [2.45, 2.75) is 39.3 Å². The van der Waals surface area contributed by atoms with E-state index in [1.54, 1.807) is 24.8 Å². The number of fused-ring (bicyclic) bond motifs is 1. The van der Waals surface area contributed by atoms with Crippen LogP contribution in [0.15, 0.2) is 42.5 Å². The lowest BCUT2D eigenvalue weighted by atomic mass is 9.90. The van der Waals surface area contributed by atoms with Gasteiger partial charge in [-0.25, -0.2) is 4.79 Å². The van der Waals surface area contributed by atoms with Gasteiger partial charge in [0.15, 0.2) is 0 Å². The van der Waals surface area contributed by atoms with Crippen LogP contribution < -0.4 is 10.2 Å². The summed E-state index contributed by atoms with van der Waals surface area (Å²) in [6, 6.07) is 12.8. The maximum atomic E-state index is 12.2. The molecule has 0 saturated heterocycles. The van der Waals surface area contributed by atoms with E-state index in [0.29, 0.717) is 17.2 Å². The van der Waals surface area contributed by atoms with Crippen molar-refractivity contribution in [2.24, 2.45) is 0 Å². The summed E-state index contributed by atoms with van der Waals surface area (Å²) in [4.78, 5) is 26.2. The maximum Gasteiger partial charge on any atom is 0.338 e. The molecular formula is C21H23ClN2O3. The molecule has 1 heterocycles. The number of nitrogens with zero attached hydrogens (tertiary/aromatic N) is 1. The number of hydrogen-bond acceptors (Lipinski definition) is 4. The summed E-state index contributed by atoms with van der Waals surface area (Å²) in [6.45, 7) is 5.69. The highest BCUT2D eigenvalue weighted by atomic mass is 35.5. The van der Waals surface area contributed by atoms with Gasteiger partial charge in [0.05, 0.1) is 18.2 Å². The van der Waals surface area contributed by atoms with Crippen molar-refractivity contribution in [2.75, 3.05) is 16.8 Å². The molecule has 0 aliphatic carbocycles. The predicted octanol–water partition coefficient (Wildman–Crippen LogP) is 4.82. The van der Waals surface area contributed by atoms with Crippen LogP contribution in [0.4, 0.5) is 11.4 Å². The third-order valence-corrected chi connectivity index (χ3v) is 4.97. The number of hydrogen-bond donors (Lipinski definition) is 1. The van der Waals surface area contributed by atoms with E-state index >= 15 is 0 Å². The van der Waals surface area contributed by atoms with Crippen molar-refractivity contribution in [3.63, 3.8) is 0 Å². The fourth-order valence-corrected chi connectivity index (χ4v) is 3.70. The fraction of sp³-hybridized carbons (Fsp3) is 0.333. The first kappa shape index (κ1) is 19.2. The Balaban J connectivity index is 2.01. The molecule has 2 aromatic carbocycles. The van der Waals surface area contributed by atoms with Gasteiger partial charge in [-0.3, -0.25) is 4.79 Å². The average molecular weight is 387 g/mol. The van der Waals surface area contributed by atoms with Crippen LogP contribution in [0.3, 0.4) is 0 Å². The summed E-state index contributed by atoms with van der Waals surface area (Å²) in [5.74, 6) is -0.379. The number of anilines is 2. The van der Waals surface area contributed by atoms with Gasteiger partial charge in [-0.2, -0.15) is 0 Å². The minimum absolute atomic E-state index is 0.0161. The summed E-state index contributed by atoms with van der Waals surface area (Å²) in [6.07, 6.45) is 0.724. The molecule has 6 heteroatoms. The van der Waals surface area contributed by atoms with E-state index in [4.69, 9.17) is 16.3 Å². The van der Waals surface area contributed by atoms with E-state index in [-0.39, 0.29) is 24.0 Å². The van der Waals surface area contributed by atoms with Gasteiger partial charge in [-0.1, -0.05) is 11.6 Å². The third-order valence-electron chi connectivity index (χ3n) is 4.72. The molecule has 1 aliphatic rings. The van der Waals surface area contributed by atoms with Crippen LogP contribution in [0, 0.1) is 0 Å². The number of esters is 1. The molecule has 0 saturated carbocycles. The Hall–Kier alpha value is -2.53. The molecule has 2 aromatic rings. The van der Waals surface area contributed by atoms with Gasteiger partial charge in [0.2, 0.25) is 5.91 Å². The number of carbonyl (C=O) groups excluding carboxylic acids is 2. The lowest BCUT2D eigenvalue weighted by molar-refractivity contribution is -0.117. The predicted molar refractivity (Wildman–Crippen MR) is 107 cm³/mol. The van der Waals surface area contributed by atoms with Crippen LogP contribution in [-0.4, -0.2) is 24.5 Å². The number of carbonyl (C=O) groups is 2. The van der Waals surface area contributed by atoms with Crippen LogP contribution >= 0.6 is 11.6 Å². The highest BCUT2D eigenvalue weighted by molar-refractivity contribution is 6.30. The summed E-state index contributed by atoms with van der Waals surface area (Å²) in [5, 5.41) is 4.18. The maximum absolute atomic E-state index is 12.2. The van der Waals surface area contributed by atoms with Gasteiger partial charge >= 0.3 is 5.97 Å². The molecule has 27 heavy (non-hydrogen) atoms. The number of amides is 1. The molecule has 0 aromatic heterocycles. The molecule has 1 amide bonds. The molecule has 0 spiro atoms. The minimum Gasteiger partial charge on any atom is -0.462 e. The summed E-state index contributed by atoms with van der Waals surface area (Å²) in [5.41, 5.74) is 3.14. The summed E-state index contributed by atoms with van der Waals surface area (Å²) >= 11 is 5.97. The van der Waals surface area contributed by atoms with Crippen LogP contribution in [0.2, 0.25) is 5.02 Å². The smallest absolute Gasteiger partial charge is 0.338 e. The number of rotatable bonds is 4. The number of nitrogens with one attached hydrogen (secondary N) is 1. The van der Waals surface area contributed by atoms with Gasteiger partial charge in [-0.15, -0.1) is 0 Å². The molecule has 0 radical (unpaired) electrons. The average Bonchev–Trinajstić information content (AvgIpc) is 2.63. The first-order valence-corrected chi connectivity index (χ1v) is 9.41. The molecule has 1 aliphatic heterocycles. The van der Waals surface area contributed by atoms with E-state index in [9.17, 15) is 9.59 Å². The van der Waals surface area contributed by atoms with Gasteiger partial charge in [0, 0.05) is 29.4 Å².